The summed E-state index contributed by atoms with van der Waals surface area (Å²) in [7, 11) is 0. The number of hydrogen-bond acceptors (Lipinski definition) is 5. The molecule has 266 valence electrons. The minimum Gasteiger partial charge on any atom is -0.454 e. The molecule has 5 nitrogen and oxygen atoms in total. The lowest BCUT2D eigenvalue weighted by atomic mass is 10.0. The molecular formula is C51H30N4OS. The highest BCUT2D eigenvalue weighted by atomic mass is 32.1. The van der Waals surface area contributed by atoms with Gasteiger partial charge in [-0.1, -0.05) is 133 Å². The summed E-state index contributed by atoms with van der Waals surface area (Å²) in [6.45, 7) is 0. The normalized spacial score (nSPS) is 11.9. The molecule has 0 N–H and O–H groups in total. The van der Waals surface area contributed by atoms with Gasteiger partial charge in [-0.15, -0.1) is 11.3 Å². The fourth-order valence-corrected chi connectivity index (χ4v) is 9.60. The predicted molar refractivity (Wildman–Crippen MR) is 236 cm³/mol. The molecule has 0 amide bonds. The number of para-hydroxylation sites is 3. The summed E-state index contributed by atoms with van der Waals surface area (Å²) in [6, 6.07) is 63.7. The van der Waals surface area contributed by atoms with Gasteiger partial charge >= 0.3 is 0 Å². The van der Waals surface area contributed by atoms with Crippen LogP contribution in [0, 0.1) is 0 Å². The number of hydrogen-bond donors (Lipinski definition) is 0. The van der Waals surface area contributed by atoms with Crippen LogP contribution in [0.5, 0.6) is 0 Å². The maximum atomic E-state index is 6.82. The van der Waals surface area contributed by atoms with Crippen molar-refractivity contribution in [2.75, 3.05) is 0 Å². The number of rotatable bonds is 5. The summed E-state index contributed by atoms with van der Waals surface area (Å²) in [6.07, 6.45) is 0. The molecule has 0 aliphatic heterocycles. The van der Waals surface area contributed by atoms with E-state index in [2.05, 4.69) is 126 Å². The van der Waals surface area contributed by atoms with Crippen molar-refractivity contribution in [2.45, 2.75) is 0 Å². The number of aromatic nitrogens is 4. The molecule has 0 saturated heterocycles. The number of benzene rings is 8. The quantitative estimate of drug-likeness (QED) is 0.176. The summed E-state index contributed by atoms with van der Waals surface area (Å²) >= 11 is 1.78. The van der Waals surface area contributed by atoms with Gasteiger partial charge in [0.25, 0.3) is 0 Å². The fourth-order valence-electron chi connectivity index (χ4n) is 8.40. The van der Waals surface area contributed by atoms with E-state index in [0.29, 0.717) is 17.5 Å². The molecule has 0 bridgehead atoms. The highest BCUT2D eigenvalue weighted by Gasteiger charge is 2.19. The van der Waals surface area contributed by atoms with E-state index in [4.69, 9.17) is 19.4 Å². The SMILES string of the molecule is c1ccc(-c2nc(-c3ccccc3)nc(-c3cccc4c3sc3ccc(-c5ccc6c(c5)oc5c(-n7c8ccccc8c8ccccc87)cccc56)cc34)n2)cc1. The van der Waals surface area contributed by atoms with Crippen LogP contribution in [-0.4, -0.2) is 19.5 Å². The van der Waals surface area contributed by atoms with Crippen molar-refractivity contribution < 1.29 is 4.42 Å². The van der Waals surface area contributed by atoms with E-state index in [0.717, 1.165) is 71.2 Å². The molecule has 0 aliphatic rings. The van der Waals surface area contributed by atoms with Crippen LogP contribution in [0.3, 0.4) is 0 Å². The topological polar surface area (TPSA) is 56.7 Å². The molecule has 6 heteroatoms. The molecule has 0 atom stereocenters. The Morgan fingerprint density at radius 2 is 0.982 bits per heavy atom. The molecule has 8 aromatic carbocycles. The maximum absolute atomic E-state index is 6.82. The van der Waals surface area contributed by atoms with Gasteiger partial charge in [0.1, 0.15) is 5.58 Å². The second-order valence-corrected chi connectivity index (χ2v) is 15.4. The standard InChI is InChI=1S/C51H30N4OS/c1-3-13-31(14-4-1)49-52-50(32-15-5-2-6-16-32)54-51(53-49)40-21-11-20-39-41-29-33(26-28-46(41)57-48(39)40)34-25-27-37-38-19-12-24-44(47(38)56-45(37)30-34)55-42-22-9-7-17-35(42)36-18-8-10-23-43(36)55/h1-30H. The van der Waals surface area contributed by atoms with Crippen LogP contribution in [0.4, 0.5) is 0 Å². The van der Waals surface area contributed by atoms with Crippen LogP contribution in [0.25, 0.3) is 115 Å². The number of furan rings is 1. The Morgan fingerprint density at radius 3 is 1.70 bits per heavy atom. The lowest BCUT2D eigenvalue weighted by Crippen LogP contribution is -2.00. The zero-order chi connectivity index (χ0) is 37.5. The van der Waals surface area contributed by atoms with Crippen LogP contribution in [0.2, 0.25) is 0 Å². The van der Waals surface area contributed by atoms with Gasteiger partial charge < -0.3 is 8.98 Å². The lowest BCUT2D eigenvalue weighted by molar-refractivity contribution is 0.666. The summed E-state index contributed by atoms with van der Waals surface area (Å²) in [5, 5.41) is 7.05. The molecule has 0 fully saturated rings. The Labute approximate surface area is 330 Å². The number of fused-ring (bicyclic) bond motifs is 9. The van der Waals surface area contributed by atoms with Crippen molar-refractivity contribution in [3.05, 3.63) is 182 Å². The summed E-state index contributed by atoms with van der Waals surface area (Å²) < 4.78 is 11.5. The van der Waals surface area contributed by atoms with Crippen LogP contribution in [0.1, 0.15) is 0 Å². The summed E-state index contributed by atoms with van der Waals surface area (Å²) in [5.41, 5.74) is 10.3. The first-order valence-electron chi connectivity index (χ1n) is 19.0. The van der Waals surface area contributed by atoms with Crippen molar-refractivity contribution in [3.8, 4) is 51.0 Å². The highest BCUT2D eigenvalue weighted by Crippen LogP contribution is 2.43. The van der Waals surface area contributed by atoms with Crippen molar-refractivity contribution in [1.29, 1.82) is 0 Å². The Kier molecular flexibility index (Phi) is 7.03. The van der Waals surface area contributed by atoms with E-state index < -0.39 is 0 Å². The molecule has 4 aromatic heterocycles. The van der Waals surface area contributed by atoms with E-state index in [1.54, 1.807) is 11.3 Å². The number of nitrogens with zero attached hydrogens (tertiary/aromatic N) is 4. The maximum Gasteiger partial charge on any atom is 0.165 e. The third kappa shape index (κ3) is 5.04. The Bertz CT molecular complexity index is 3420. The molecule has 12 aromatic rings. The molecule has 0 radical (unpaired) electrons. The molecule has 12 rings (SSSR count). The van der Waals surface area contributed by atoms with Crippen LogP contribution < -0.4 is 0 Å². The van der Waals surface area contributed by atoms with E-state index in [-0.39, 0.29) is 0 Å². The van der Waals surface area contributed by atoms with Gasteiger partial charge in [0.2, 0.25) is 0 Å². The van der Waals surface area contributed by atoms with Crippen LogP contribution >= 0.6 is 11.3 Å². The summed E-state index contributed by atoms with van der Waals surface area (Å²) in [4.78, 5) is 15.0. The largest absolute Gasteiger partial charge is 0.454 e. The second kappa shape index (κ2) is 12.6. The Morgan fingerprint density at radius 1 is 0.404 bits per heavy atom. The van der Waals surface area contributed by atoms with E-state index in [1.165, 1.54) is 26.2 Å². The molecule has 0 unspecified atom stereocenters. The van der Waals surface area contributed by atoms with Crippen molar-refractivity contribution in [3.63, 3.8) is 0 Å². The van der Waals surface area contributed by atoms with Gasteiger partial charge in [0, 0.05) is 58.4 Å². The van der Waals surface area contributed by atoms with Gasteiger partial charge in [-0.2, -0.15) is 0 Å². The van der Waals surface area contributed by atoms with Gasteiger partial charge in [-0.25, -0.2) is 15.0 Å². The molecule has 57 heavy (non-hydrogen) atoms. The smallest absolute Gasteiger partial charge is 0.165 e. The zero-order valence-corrected chi connectivity index (χ0v) is 31.2. The molecule has 4 heterocycles. The van der Waals surface area contributed by atoms with Gasteiger partial charge in [0.05, 0.1) is 16.7 Å². The van der Waals surface area contributed by atoms with Crippen LogP contribution in [-0.2, 0) is 0 Å². The first-order chi connectivity index (χ1) is 28.2. The summed E-state index contributed by atoms with van der Waals surface area (Å²) in [5.74, 6) is 1.97. The van der Waals surface area contributed by atoms with E-state index in [9.17, 15) is 0 Å². The monoisotopic (exact) mass is 746 g/mol. The first kappa shape index (κ1) is 31.9. The van der Waals surface area contributed by atoms with Crippen LogP contribution in [0.15, 0.2) is 186 Å². The third-order valence-corrected chi connectivity index (χ3v) is 12.3. The Hall–Kier alpha value is -7.41. The second-order valence-electron chi connectivity index (χ2n) is 14.4. The minimum absolute atomic E-state index is 0.656. The van der Waals surface area contributed by atoms with Gasteiger partial charge in [-0.05, 0) is 59.7 Å². The first-order valence-corrected chi connectivity index (χ1v) is 19.8. The average molecular weight is 747 g/mol. The molecule has 0 saturated carbocycles. The van der Waals surface area contributed by atoms with E-state index >= 15 is 0 Å². The number of thiophene rings is 1. The van der Waals surface area contributed by atoms with Crippen molar-refractivity contribution >= 4 is 75.3 Å². The predicted octanol–water partition coefficient (Wildman–Crippen LogP) is 13.9. The van der Waals surface area contributed by atoms with Gasteiger partial charge in [0.15, 0.2) is 23.1 Å². The van der Waals surface area contributed by atoms with Crippen molar-refractivity contribution in [2.24, 2.45) is 0 Å². The molecular weight excluding hydrogens is 717 g/mol. The average Bonchev–Trinajstić information content (AvgIpc) is 3.96. The molecule has 0 spiro atoms. The minimum atomic E-state index is 0.656. The third-order valence-electron chi connectivity index (χ3n) is 11.1. The Balaban J connectivity index is 0.983. The fraction of sp³-hybridized carbons (Fsp3) is 0. The zero-order valence-electron chi connectivity index (χ0n) is 30.4. The molecule has 0 aliphatic carbocycles. The highest BCUT2D eigenvalue weighted by molar-refractivity contribution is 7.26. The van der Waals surface area contributed by atoms with Gasteiger partial charge in [-0.3, -0.25) is 0 Å². The lowest BCUT2D eigenvalue weighted by Gasteiger charge is -2.09. The van der Waals surface area contributed by atoms with E-state index in [1.807, 2.05) is 60.7 Å². The van der Waals surface area contributed by atoms with Crippen molar-refractivity contribution in [1.82, 2.24) is 19.5 Å².